The second kappa shape index (κ2) is 6.51. The van der Waals surface area contributed by atoms with Crippen LogP contribution in [0.1, 0.15) is 20.3 Å². The summed E-state index contributed by atoms with van der Waals surface area (Å²) in [5, 5.41) is 9.59. The molecule has 0 saturated heterocycles. The number of benzene rings is 1. The Bertz CT molecular complexity index is 708. The highest BCUT2D eigenvalue weighted by Crippen LogP contribution is 2.25. The first kappa shape index (κ1) is 15.9. The molecule has 0 aliphatic rings. The van der Waals surface area contributed by atoms with Crippen LogP contribution in [0, 0.1) is 0 Å². The Labute approximate surface area is 125 Å². The van der Waals surface area contributed by atoms with E-state index in [9.17, 15) is 8.42 Å². The van der Waals surface area contributed by atoms with E-state index in [2.05, 4.69) is 4.98 Å². The first-order valence-corrected chi connectivity index (χ1v) is 8.39. The standard InChI is InChI=1S/C15H20N2O3S/c1-12(2)17(10-5-11-18)21(19,20)15-8-3-7-14-13(15)6-4-9-16-14/h3-4,6-9,12,18H,5,10-11H2,1-2H3. The van der Waals surface area contributed by atoms with Crippen LogP contribution in [0.25, 0.3) is 10.9 Å². The molecule has 0 radical (unpaired) electrons. The van der Waals surface area contributed by atoms with Crippen LogP contribution in [0.5, 0.6) is 0 Å². The molecule has 0 aliphatic carbocycles. The van der Waals surface area contributed by atoms with E-state index in [4.69, 9.17) is 5.11 Å². The second-order valence-corrected chi connectivity index (χ2v) is 6.97. The molecule has 6 heteroatoms. The van der Waals surface area contributed by atoms with Crippen LogP contribution in [0.4, 0.5) is 0 Å². The first-order chi connectivity index (χ1) is 9.98. The van der Waals surface area contributed by atoms with E-state index in [0.29, 0.717) is 23.9 Å². The quantitative estimate of drug-likeness (QED) is 0.886. The summed E-state index contributed by atoms with van der Waals surface area (Å²) >= 11 is 0. The summed E-state index contributed by atoms with van der Waals surface area (Å²) in [6.07, 6.45) is 2.06. The summed E-state index contributed by atoms with van der Waals surface area (Å²) in [4.78, 5) is 4.46. The van der Waals surface area contributed by atoms with E-state index >= 15 is 0 Å². The zero-order valence-electron chi connectivity index (χ0n) is 12.2. The van der Waals surface area contributed by atoms with Gasteiger partial charge in [0.05, 0.1) is 10.4 Å². The van der Waals surface area contributed by atoms with Crippen molar-refractivity contribution < 1.29 is 13.5 Å². The van der Waals surface area contributed by atoms with Crippen molar-refractivity contribution in [3.63, 3.8) is 0 Å². The number of rotatable bonds is 6. The predicted octanol–water partition coefficient (Wildman–Crippen LogP) is 2.02. The summed E-state index contributed by atoms with van der Waals surface area (Å²) in [7, 11) is -3.62. The van der Waals surface area contributed by atoms with Gasteiger partial charge < -0.3 is 5.11 Å². The number of fused-ring (bicyclic) bond motifs is 1. The molecule has 2 aromatic rings. The highest BCUT2D eigenvalue weighted by molar-refractivity contribution is 7.89. The Morgan fingerprint density at radius 2 is 2.00 bits per heavy atom. The molecule has 21 heavy (non-hydrogen) atoms. The van der Waals surface area contributed by atoms with Crippen LogP contribution < -0.4 is 0 Å². The van der Waals surface area contributed by atoms with Crippen molar-refractivity contribution in [1.82, 2.24) is 9.29 Å². The first-order valence-electron chi connectivity index (χ1n) is 6.95. The number of aromatic nitrogens is 1. The largest absolute Gasteiger partial charge is 0.396 e. The highest BCUT2D eigenvalue weighted by Gasteiger charge is 2.28. The van der Waals surface area contributed by atoms with E-state index in [-0.39, 0.29) is 17.5 Å². The lowest BCUT2D eigenvalue weighted by molar-refractivity contribution is 0.258. The zero-order chi connectivity index (χ0) is 15.5. The number of hydrogen-bond acceptors (Lipinski definition) is 4. The second-order valence-electron chi connectivity index (χ2n) is 5.11. The monoisotopic (exact) mass is 308 g/mol. The minimum absolute atomic E-state index is 0.0319. The molecule has 2 rings (SSSR count). The van der Waals surface area contributed by atoms with Crippen molar-refractivity contribution in [1.29, 1.82) is 0 Å². The minimum atomic E-state index is -3.62. The Kier molecular flexibility index (Phi) is 4.92. The van der Waals surface area contributed by atoms with Crippen LogP contribution in [0.15, 0.2) is 41.4 Å². The molecule has 1 aromatic heterocycles. The molecule has 0 bridgehead atoms. The van der Waals surface area contributed by atoms with Crippen molar-refractivity contribution in [2.24, 2.45) is 0 Å². The van der Waals surface area contributed by atoms with E-state index in [0.717, 1.165) is 0 Å². The van der Waals surface area contributed by atoms with Gasteiger partial charge in [-0.05, 0) is 44.5 Å². The normalized spacial score (nSPS) is 12.4. The maximum atomic E-state index is 12.9. The van der Waals surface area contributed by atoms with Gasteiger partial charge in [-0.1, -0.05) is 6.07 Å². The third-order valence-electron chi connectivity index (χ3n) is 3.30. The van der Waals surface area contributed by atoms with E-state index in [1.807, 2.05) is 13.8 Å². The number of nitrogens with zero attached hydrogens (tertiary/aromatic N) is 2. The molecule has 0 amide bonds. The van der Waals surface area contributed by atoms with E-state index < -0.39 is 10.0 Å². The molecule has 0 spiro atoms. The van der Waals surface area contributed by atoms with Crippen molar-refractivity contribution in [2.45, 2.75) is 31.2 Å². The van der Waals surface area contributed by atoms with Gasteiger partial charge >= 0.3 is 0 Å². The third-order valence-corrected chi connectivity index (χ3v) is 5.44. The maximum Gasteiger partial charge on any atom is 0.243 e. The van der Waals surface area contributed by atoms with E-state index in [1.165, 1.54) is 4.31 Å². The van der Waals surface area contributed by atoms with Gasteiger partial charge in [-0.15, -0.1) is 0 Å². The molecule has 1 N–H and O–H groups in total. The summed E-state index contributed by atoms with van der Waals surface area (Å²) in [5.74, 6) is 0. The van der Waals surface area contributed by atoms with Crippen molar-refractivity contribution in [2.75, 3.05) is 13.2 Å². The average molecular weight is 308 g/mol. The van der Waals surface area contributed by atoms with Gasteiger partial charge in [-0.2, -0.15) is 4.31 Å². The number of pyridine rings is 1. The van der Waals surface area contributed by atoms with Crippen LogP contribution in [-0.2, 0) is 10.0 Å². The molecular weight excluding hydrogens is 288 g/mol. The smallest absolute Gasteiger partial charge is 0.243 e. The Hall–Kier alpha value is -1.50. The van der Waals surface area contributed by atoms with Crippen molar-refractivity contribution in [3.05, 3.63) is 36.5 Å². The average Bonchev–Trinajstić information content (AvgIpc) is 2.46. The fourth-order valence-electron chi connectivity index (χ4n) is 2.31. The van der Waals surface area contributed by atoms with Crippen molar-refractivity contribution >= 4 is 20.9 Å². The summed E-state index contributed by atoms with van der Waals surface area (Å²) < 4.78 is 27.2. The number of aliphatic hydroxyl groups excluding tert-OH is 1. The van der Waals surface area contributed by atoms with Crippen LogP contribution in [-0.4, -0.2) is 42.0 Å². The third kappa shape index (κ3) is 3.23. The van der Waals surface area contributed by atoms with Gasteiger partial charge in [0, 0.05) is 30.8 Å². The molecule has 1 heterocycles. The van der Waals surface area contributed by atoms with Gasteiger partial charge in [-0.3, -0.25) is 4.98 Å². The summed E-state index contributed by atoms with van der Waals surface area (Å²) in [6.45, 7) is 3.93. The minimum Gasteiger partial charge on any atom is -0.396 e. The topological polar surface area (TPSA) is 70.5 Å². The molecule has 0 aliphatic heterocycles. The molecule has 0 saturated carbocycles. The molecule has 0 unspecified atom stereocenters. The lowest BCUT2D eigenvalue weighted by Crippen LogP contribution is -2.38. The van der Waals surface area contributed by atoms with Crippen LogP contribution >= 0.6 is 0 Å². The maximum absolute atomic E-state index is 12.9. The lowest BCUT2D eigenvalue weighted by Gasteiger charge is -2.26. The predicted molar refractivity (Wildman–Crippen MR) is 82.5 cm³/mol. The van der Waals surface area contributed by atoms with Gasteiger partial charge in [0.1, 0.15) is 0 Å². The molecule has 5 nitrogen and oxygen atoms in total. The fraction of sp³-hybridized carbons (Fsp3) is 0.400. The van der Waals surface area contributed by atoms with Gasteiger partial charge in [0.25, 0.3) is 0 Å². The Morgan fingerprint density at radius 1 is 1.24 bits per heavy atom. The SMILES string of the molecule is CC(C)N(CCCO)S(=O)(=O)c1cccc2ncccc12. The lowest BCUT2D eigenvalue weighted by atomic mass is 10.2. The molecule has 1 aromatic carbocycles. The molecular formula is C15H20N2O3S. The number of hydrogen-bond donors (Lipinski definition) is 1. The van der Waals surface area contributed by atoms with Gasteiger partial charge in [-0.25, -0.2) is 8.42 Å². The molecule has 114 valence electrons. The highest BCUT2D eigenvalue weighted by atomic mass is 32.2. The molecule has 0 atom stereocenters. The van der Waals surface area contributed by atoms with Crippen LogP contribution in [0.3, 0.4) is 0 Å². The molecule has 0 fully saturated rings. The summed E-state index contributed by atoms with van der Waals surface area (Å²) in [6, 6.07) is 8.42. The zero-order valence-corrected chi connectivity index (χ0v) is 13.0. The number of aliphatic hydroxyl groups is 1. The fourth-order valence-corrected chi connectivity index (χ4v) is 4.19. The summed E-state index contributed by atoms with van der Waals surface area (Å²) in [5.41, 5.74) is 0.657. The Morgan fingerprint density at radius 3 is 2.67 bits per heavy atom. The van der Waals surface area contributed by atoms with E-state index in [1.54, 1.807) is 36.5 Å². The van der Waals surface area contributed by atoms with Crippen LogP contribution in [0.2, 0.25) is 0 Å². The Balaban J connectivity index is 2.54. The van der Waals surface area contributed by atoms with Gasteiger partial charge in [0.2, 0.25) is 10.0 Å². The van der Waals surface area contributed by atoms with Crippen molar-refractivity contribution in [3.8, 4) is 0 Å². The number of sulfonamides is 1. The van der Waals surface area contributed by atoms with Gasteiger partial charge in [0.15, 0.2) is 0 Å².